The van der Waals surface area contributed by atoms with E-state index in [9.17, 15) is 10.0 Å². The molecule has 1 aromatic heterocycles. The van der Waals surface area contributed by atoms with Crippen molar-refractivity contribution in [3.63, 3.8) is 0 Å². The number of aromatic nitrogens is 4. The van der Waals surface area contributed by atoms with Crippen molar-refractivity contribution in [3.05, 3.63) is 35.0 Å². The summed E-state index contributed by atoms with van der Waals surface area (Å²) >= 11 is 0. The number of nitrogens with zero attached hydrogens (tertiary/aromatic N) is 4. The average Bonchev–Trinajstić information content (AvgIpc) is 3.12. The summed E-state index contributed by atoms with van der Waals surface area (Å²) < 4.78 is 1.77. The van der Waals surface area contributed by atoms with E-state index in [1.807, 2.05) is 24.3 Å². The zero-order valence-electron chi connectivity index (χ0n) is 12.6. The molecule has 0 spiro atoms. The quantitative estimate of drug-likeness (QED) is 0.561. The third kappa shape index (κ3) is 1.82. The largest absolute Gasteiger partial charge is 0.491 e. The van der Waals surface area contributed by atoms with Gasteiger partial charge < -0.3 is 5.11 Å². The van der Waals surface area contributed by atoms with Crippen LogP contribution in [0.3, 0.4) is 0 Å². The van der Waals surface area contributed by atoms with Gasteiger partial charge in [-0.15, -0.1) is 4.91 Å². The molecule has 0 unspecified atom stereocenters. The maximum atomic E-state index is 11.5. The minimum atomic E-state index is -0.138. The maximum absolute atomic E-state index is 11.5. The lowest BCUT2D eigenvalue weighted by molar-refractivity contribution is 0.456. The number of hydrogen-bond acceptors (Lipinski definition) is 5. The fourth-order valence-electron chi connectivity index (χ4n) is 3.08. The smallest absolute Gasteiger partial charge is 0.256 e. The Morgan fingerprint density at radius 3 is 2.83 bits per heavy atom. The van der Waals surface area contributed by atoms with E-state index in [4.69, 9.17) is 0 Å². The number of H-pyrrole nitrogens is 1. The molecule has 2 aromatic rings. The van der Waals surface area contributed by atoms with Gasteiger partial charge in [0.05, 0.1) is 0 Å². The van der Waals surface area contributed by atoms with Gasteiger partial charge in [0.2, 0.25) is 0 Å². The highest BCUT2D eigenvalue weighted by Gasteiger charge is 2.26. The minimum Gasteiger partial charge on any atom is -0.491 e. The van der Waals surface area contributed by atoms with Gasteiger partial charge in [0.1, 0.15) is 22.9 Å². The van der Waals surface area contributed by atoms with Crippen molar-refractivity contribution in [2.45, 2.75) is 26.2 Å². The number of hydrogen-bond donors (Lipinski definition) is 2. The van der Waals surface area contributed by atoms with Crippen LogP contribution in [-0.4, -0.2) is 24.7 Å². The van der Waals surface area contributed by atoms with Gasteiger partial charge in [0.25, 0.3) is 5.88 Å². The molecule has 2 heterocycles. The van der Waals surface area contributed by atoms with Crippen LogP contribution in [0.1, 0.15) is 25.6 Å². The fraction of sp³-hybridized carbons (Fsp3) is 0.250. The van der Waals surface area contributed by atoms with Crippen molar-refractivity contribution >= 4 is 22.1 Å². The van der Waals surface area contributed by atoms with Gasteiger partial charge in [-0.25, -0.2) is 4.98 Å². The topological polar surface area (TPSA) is 95.6 Å². The van der Waals surface area contributed by atoms with E-state index in [-0.39, 0.29) is 5.88 Å². The molecule has 0 saturated carbocycles. The van der Waals surface area contributed by atoms with Crippen molar-refractivity contribution in [2.75, 3.05) is 0 Å². The lowest BCUT2D eigenvalue weighted by Gasteiger charge is -2.08. The Morgan fingerprint density at radius 2 is 2.09 bits per heavy atom. The van der Waals surface area contributed by atoms with E-state index in [2.05, 4.69) is 27.3 Å². The summed E-state index contributed by atoms with van der Waals surface area (Å²) in [4.78, 5) is 15.7. The van der Waals surface area contributed by atoms with E-state index >= 15 is 0 Å². The number of rotatable bonds is 4. The van der Waals surface area contributed by atoms with Crippen LogP contribution in [-0.2, 0) is 6.42 Å². The highest BCUT2D eigenvalue weighted by molar-refractivity contribution is 6.10. The molecule has 2 aliphatic rings. The molecule has 7 heteroatoms. The van der Waals surface area contributed by atoms with E-state index in [1.165, 1.54) is 0 Å². The Labute approximate surface area is 131 Å². The molecule has 1 aliphatic heterocycles. The Balaban J connectivity index is 2.18. The average molecular weight is 309 g/mol. The molecule has 4 rings (SSSR count). The molecule has 0 radical (unpaired) electrons. The molecular formula is C16H15N5O2. The molecular weight excluding hydrogens is 294 g/mol. The van der Waals surface area contributed by atoms with Crippen molar-refractivity contribution in [1.82, 2.24) is 19.6 Å². The van der Waals surface area contributed by atoms with Gasteiger partial charge in [-0.3, -0.25) is 9.50 Å². The van der Waals surface area contributed by atoms with Crippen LogP contribution >= 0.6 is 0 Å². The molecule has 116 valence electrons. The monoisotopic (exact) mass is 309 g/mol. The van der Waals surface area contributed by atoms with Crippen molar-refractivity contribution in [3.8, 4) is 17.3 Å². The molecule has 0 amide bonds. The van der Waals surface area contributed by atoms with Gasteiger partial charge in [0, 0.05) is 17.2 Å². The van der Waals surface area contributed by atoms with Gasteiger partial charge in [-0.05, 0) is 11.6 Å². The first-order valence-corrected chi connectivity index (χ1v) is 7.58. The lowest BCUT2D eigenvalue weighted by atomic mass is 10.2. The highest BCUT2D eigenvalue weighted by atomic mass is 16.3. The molecule has 0 saturated heterocycles. The normalized spacial score (nSPS) is 11.7. The Hall–Kier alpha value is -2.96. The van der Waals surface area contributed by atoms with Gasteiger partial charge >= 0.3 is 0 Å². The maximum Gasteiger partial charge on any atom is 0.256 e. The van der Waals surface area contributed by atoms with Crippen LogP contribution in [0.2, 0.25) is 0 Å². The highest BCUT2D eigenvalue weighted by Crippen LogP contribution is 2.45. The number of unbranched alkanes of at least 4 members (excludes halogenated alkanes) is 1. The van der Waals surface area contributed by atoms with Gasteiger partial charge in [-0.1, -0.05) is 37.6 Å². The van der Waals surface area contributed by atoms with Crippen LogP contribution in [0, 0.1) is 4.91 Å². The predicted octanol–water partition coefficient (Wildman–Crippen LogP) is 3.76. The molecule has 2 N–H and O–H groups in total. The molecule has 1 aromatic carbocycles. The van der Waals surface area contributed by atoms with Crippen molar-refractivity contribution < 1.29 is 5.11 Å². The van der Waals surface area contributed by atoms with Crippen LogP contribution in [0.4, 0.5) is 5.69 Å². The summed E-state index contributed by atoms with van der Waals surface area (Å²) in [6, 6.07) is 7.43. The molecule has 23 heavy (non-hydrogen) atoms. The predicted molar refractivity (Wildman–Crippen MR) is 87.2 cm³/mol. The second-order valence-corrected chi connectivity index (χ2v) is 5.55. The summed E-state index contributed by atoms with van der Waals surface area (Å²) in [5, 5.41) is 22.1. The standard InChI is InChI=1S/C16H15N5O2/c1-2-3-8-11-18-19-15-16(22)17-12-9-6-4-5-7-10(9)13(20-23)14(12)21(11)15/h4-7,19,22H,2-3,8H2,1H3. The van der Waals surface area contributed by atoms with Crippen molar-refractivity contribution in [2.24, 2.45) is 5.18 Å². The summed E-state index contributed by atoms with van der Waals surface area (Å²) in [5.41, 5.74) is 1.86. The van der Waals surface area contributed by atoms with Crippen molar-refractivity contribution in [1.29, 1.82) is 0 Å². The lowest BCUT2D eigenvalue weighted by Crippen LogP contribution is -2.00. The summed E-state index contributed by atoms with van der Waals surface area (Å²) in [6.07, 6.45) is 2.72. The molecule has 1 aliphatic carbocycles. The van der Waals surface area contributed by atoms with E-state index in [0.29, 0.717) is 22.7 Å². The van der Waals surface area contributed by atoms with E-state index < -0.39 is 0 Å². The summed E-state index contributed by atoms with van der Waals surface area (Å²) in [7, 11) is 0. The Kier molecular flexibility index (Phi) is 3.00. The Morgan fingerprint density at radius 1 is 1.30 bits per heavy atom. The first-order valence-electron chi connectivity index (χ1n) is 7.58. The molecule has 0 fully saturated rings. The zero-order valence-corrected chi connectivity index (χ0v) is 12.6. The van der Waals surface area contributed by atoms with Gasteiger partial charge in [-0.2, -0.15) is 5.10 Å². The number of aromatic hydroxyl groups is 1. The number of nitrogens with one attached hydrogen (secondary N) is 1. The second-order valence-electron chi connectivity index (χ2n) is 5.55. The molecule has 0 bridgehead atoms. The summed E-state index contributed by atoms with van der Waals surface area (Å²) in [5.74, 6) is 0.616. The van der Waals surface area contributed by atoms with Gasteiger partial charge in [0.15, 0.2) is 5.65 Å². The first kappa shape index (κ1) is 13.7. The number of nitroso groups, excluding NO2 is 1. The van der Waals surface area contributed by atoms with Crippen LogP contribution in [0.25, 0.3) is 27.8 Å². The molecule has 7 nitrogen and oxygen atoms in total. The second kappa shape index (κ2) is 5.05. The minimum absolute atomic E-state index is 0.138. The zero-order chi connectivity index (χ0) is 16.0. The fourth-order valence-corrected chi connectivity index (χ4v) is 3.08. The Bertz CT molecular complexity index is 1000. The van der Waals surface area contributed by atoms with Crippen LogP contribution < -0.4 is 0 Å². The third-order valence-corrected chi connectivity index (χ3v) is 4.16. The first-order chi connectivity index (χ1) is 11.3. The molecule has 0 atom stereocenters. The number of fused-ring (bicyclic) bond motifs is 5. The number of benzene rings is 1. The summed E-state index contributed by atoms with van der Waals surface area (Å²) in [6.45, 7) is 2.10. The SMILES string of the molecule is CCCCc1n[nH]c2c(O)nc3c4ccccc4c(N=O)c-3n12. The van der Waals surface area contributed by atoms with Crippen LogP contribution in [0.15, 0.2) is 29.4 Å². The van der Waals surface area contributed by atoms with E-state index in [0.717, 1.165) is 35.9 Å². The number of aromatic amines is 1. The van der Waals surface area contributed by atoms with Crippen LogP contribution in [0.5, 0.6) is 5.88 Å². The van der Waals surface area contributed by atoms with E-state index in [1.54, 1.807) is 4.40 Å². The number of aryl methyl sites for hydroxylation is 1. The third-order valence-electron chi connectivity index (χ3n) is 4.16.